The van der Waals surface area contributed by atoms with Gasteiger partial charge in [0.25, 0.3) is 0 Å². The Kier molecular flexibility index (Phi) is 5.43. The van der Waals surface area contributed by atoms with Crippen molar-refractivity contribution in [1.29, 1.82) is 5.41 Å². The summed E-state index contributed by atoms with van der Waals surface area (Å²) in [6.45, 7) is 4.72. The van der Waals surface area contributed by atoms with E-state index in [2.05, 4.69) is 6.58 Å². The third-order valence-electron chi connectivity index (χ3n) is 4.18. The van der Waals surface area contributed by atoms with Gasteiger partial charge in [-0.25, -0.2) is 0 Å². The van der Waals surface area contributed by atoms with Crippen molar-refractivity contribution >= 4 is 11.0 Å². The quantitative estimate of drug-likeness (QED) is 0.611. The average Bonchev–Trinajstić information content (AvgIpc) is 2.93. The Hall–Kier alpha value is -2.99. The maximum absolute atomic E-state index is 10.4. The van der Waals surface area contributed by atoms with E-state index in [1.54, 1.807) is 42.0 Å². The lowest BCUT2D eigenvalue weighted by Crippen LogP contribution is -2.31. The number of fused-ring (bicyclic) bond motifs is 1. The van der Waals surface area contributed by atoms with Crippen LogP contribution in [0.25, 0.3) is 11.0 Å². The highest BCUT2D eigenvalue weighted by Gasteiger charge is 2.14. The second-order valence-electron chi connectivity index (χ2n) is 5.96. The molecule has 6 nitrogen and oxygen atoms in total. The molecule has 0 fully saturated rings. The van der Waals surface area contributed by atoms with E-state index in [1.165, 1.54) is 0 Å². The minimum atomic E-state index is -0.741. The number of aromatic nitrogens is 2. The Bertz CT molecular complexity index is 941. The van der Waals surface area contributed by atoms with E-state index in [9.17, 15) is 5.11 Å². The molecule has 0 saturated heterocycles. The van der Waals surface area contributed by atoms with Gasteiger partial charge < -0.3 is 23.7 Å². The Morgan fingerprint density at radius 2 is 1.69 bits per heavy atom. The van der Waals surface area contributed by atoms with Crippen molar-refractivity contribution in [2.24, 2.45) is 0 Å². The number of ether oxygens (including phenoxy) is 2. The van der Waals surface area contributed by atoms with Gasteiger partial charge in [-0.2, -0.15) is 0 Å². The molecule has 6 heteroatoms. The molecular formula is C20H23N3O3. The molecule has 1 atom stereocenters. The van der Waals surface area contributed by atoms with E-state index in [1.807, 2.05) is 28.8 Å². The first-order chi connectivity index (χ1) is 12.6. The summed E-state index contributed by atoms with van der Waals surface area (Å²) in [5, 5.41) is 18.8. The van der Waals surface area contributed by atoms with Crippen LogP contribution < -0.4 is 15.1 Å². The average molecular weight is 353 g/mol. The van der Waals surface area contributed by atoms with Crippen LogP contribution in [0.15, 0.2) is 61.2 Å². The number of para-hydroxylation sites is 2. The zero-order chi connectivity index (χ0) is 18.5. The molecule has 0 radical (unpaired) electrons. The fourth-order valence-corrected chi connectivity index (χ4v) is 2.92. The summed E-state index contributed by atoms with van der Waals surface area (Å²) >= 11 is 0. The van der Waals surface area contributed by atoms with Gasteiger partial charge in [0.05, 0.1) is 24.7 Å². The van der Waals surface area contributed by atoms with Gasteiger partial charge in [0.2, 0.25) is 5.62 Å². The lowest BCUT2D eigenvalue weighted by atomic mass is 10.3. The van der Waals surface area contributed by atoms with Gasteiger partial charge in [-0.15, -0.1) is 6.58 Å². The zero-order valence-corrected chi connectivity index (χ0v) is 14.8. The molecule has 2 aromatic carbocycles. The largest absolute Gasteiger partial charge is 0.497 e. The van der Waals surface area contributed by atoms with Crippen LogP contribution >= 0.6 is 0 Å². The predicted octanol–water partition coefficient (Wildman–Crippen LogP) is 2.56. The van der Waals surface area contributed by atoms with Gasteiger partial charge in [0.1, 0.15) is 24.2 Å². The molecule has 0 saturated carbocycles. The summed E-state index contributed by atoms with van der Waals surface area (Å²) in [7, 11) is 1.61. The SMILES string of the molecule is C=CCn1c(=N)n(C[C@@H](O)COc2ccc(OC)cc2)c2ccccc21. The van der Waals surface area contributed by atoms with Gasteiger partial charge in [-0.05, 0) is 36.4 Å². The van der Waals surface area contributed by atoms with Crippen LogP contribution in [0.5, 0.6) is 11.5 Å². The van der Waals surface area contributed by atoms with E-state index in [0.717, 1.165) is 16.8 Å². The monoisotopic (exact) mass is 353 g/mol. The number of aliphatic hydroxyl groups excluding tert-OH is 1. The molecule has 0 aliphatic heterocycles. The van der Waals surface area contributed by atoms with Crippen LogP contribution in [-0.4, -0.2) is 34.1 Å². The lowest BCUT2D eigenvalue weighted by Gasteiger charge is -2.14. The van der Waals surface area contributed by atoms with Crippen molar-refractivity contribution in [3.63, 3.8) is 0 Å². The van der Waals surface area contributed by atoms with Crippen molar-refractivity contribution in [3.05, 3.63) is 66.8 Å². The van der Waals surface area contributed by atoms with Crippen LogP contribution in [0, 0.1) is 5.41 Å². The van der Waals surface area contributed by atoms with Crippen molar-refractivity contribution in [2.75, 3.05) is 13.7 Å². The predicted molar refractivity (Wildman–Crippen MR) is 100 cm³/mol. The fourth-order valence-electron chi connectivity index (χ4n) is 2.92. The minimum absolute atomic E-state index is 0.139. The Morgan fingerprint density at radius 3 is 2.31 bits per heavy atom. The number of nitrogens with one attached hydrogen (secondary N) is 1. The number of aliphatic hydroxyl groups is 1. The van der Waals surface area contributed by atoms with Crippen molar-refractivity contribution in [3.8, 4) is 11.5 Å². The van der Waals surface area contributed by atoms with Crippen LogP contribution in [-0.2, 0) is 13.1 Å². The maximum Gasteiger partial charge on any atom is 0.203 e. The maximum atomic E-state index is 10.4. The van der Waals surface area contributed by atoms with Crippen LogP contribution in [0.3, 0.4) is 0 Å². The van der Waals surface area contributed by atoms with Crippen LogP contribution in [0.4, 0.5) is 0 Å². The van der Waals surface area contributed by atoms with Crippen LogP contribution in [0.1, 0.15) is 0 Å². The minimum Gasteiger partial charge on any atom is -0.497 e. The summed E-state index contributed by atoms with van der Waals surface area (Å²) in [6.07, 6.45) is 1.02. The number of methoxy groups -OCH3 is 1. The molecule has 0 aliphatic carbocycles. The highest BCUT2D eigenvalue weighted by Crippen LogP contribution is 2.17. The molecule has 0 aliphatic rings. The summed E-state index contributed by atoms with van der Waals surface area (Å²) < 4.78 is 14.4. The number of benzene rings is 2. The van der Waals surface area contributed by atoms with E-state index in [-0.39, 0.29) is 13.2 Å². The summed E-state index contributed by atoms with van der Waals surface area (Å²) in [5.74, 6) is 1.41. The second-order valence-corrected chi connectivity index (χ2v) is 5.96. The first kappa shape index (κ1) is 17.8. The van der Waals surface area contributed by atoms with Crippen molar-refractivity contribution < 1.29 is 14.6 Å². The number of imidazole rings is 1. The van der Waals surface area contributed by atoms with Gasteiger partial charge in [0.15, 0.2) is 0 Å². The third-order valence-corrected chi connectivity index (χ3v) is 4.18. The van der Waals surface area contributed by atoms with E-state index in [0.29, 0.717) is 17.9 Å². The molecule has 0 spiro atoms. The number of hydrogen-bond acceptors (Lipinski definition) is 4. The van der Waals surface area contributed by atoms with E-state index in [4.69, 9.17) is 14.9 Å². The highest BCUT2D eigenvalue weighted by molar-refractivity contribution is 5.75. The number of hydrogen-bond donors (Lipinski definition) is 2. The van der Waals surface area contributed by atoms with E-state index >= 15 is 0 Å². The molecule has 1 aromatic heterocycles. The molecule has 2 N–H and O–H groups in total. The molecule has 3 aromatic rings. The second kappa shape index (κ2) is 7.93. The molecule has 3 rings (SSSR count). The Labute approximate surface area is 152 Å². The van der Waals surface area contributed by atoms with E-state index < -0.39 is 6.10 Å². The first-order valence-corrected chi connectivity index (χ1v) is 8.42. The zero-order valence-electron chi connectivity index (χ0n) is 14.8. The molecule has 136 valence electrons. The normalized spacial score (nSPS) is 12.1. The third kappa shape index (κ3) is 3.65. The molecule has 0 bridgehead atoms. The topological polar surface area (TPSA) is 72.4 Å². The van der Waals surface area contributed by atoms with Gasteiger partial charge >= 0.3 is 0 Å². The van der Waals surface area contributed by atoms with Gasteiger partial charge in [-0.1, -0.05) is 18.2 Å². The number of nitrogens with zero attached hydrogens (tertiary/aromatic N) is 2. The van der Waals surface area contributed by atoms with Crippen LogP contribution in [0.2, 0.25) is 0 Å². The molecule has 0 amide bonds. The van der Waals surface area contributed by atoms with Gasteiger partial charge in [0, 0.05) is 6.54 Å². The molecular weight excluding hydrogens is 330 g/mol. The number of rotatable bonds is 8. The standard InChI is InChI=1S/C20H23N3O3/c1-3-12-22-18-6-4-5-7-19(18)23(20(22)21)13-15(24)14-26-17-10-8-16(25-2)9-11-17/h3-11,15,21,24H,1,12-14H2,2H3/t15-/m1/s1. The Morgan fingerprint density at radius 1 is 1.08 bits per heavy atom. The summed E-state index contributed by atoms with van der Waals surface area (Å²) in [5.41, 5.74) is 2.18. The smallest absolute Gasteiger partial charge is 0.203 e. The fraction of sp³-hybridized carbons (Fsp3) is 0.250. The first-order valence-electron chi connectivity index (χ1n) is 8.42. The number of allylic oxidation sites excluding steroid dienone is 1. The molecule has 26 heavy (non-hydrogen) atoms. The van der Waals surface area contributed by atoms with Gasteiger partial charge in [-0.3, -0.25) is 5.41 Å². The van der Waals surface area contributed by atoms with Crippen molar-refractivity contribution in [1.82, 2.24) is 9.13 Å². The highest BCUT2D eigenvalue weighted by atomic mass is 16.5. The summed E-state index contributed by atoms with van der Waals surface area (Å²) in [6, 6.07) is 15.0. The Balaban J connectivity index is 1.74. The summed E-state index contributed by atoms with van der Waals surface area (Å²) in [4.78, 5) is 0. The van der Waals surface area contributed by atoms with Crippen molar-refractivity contribution in [2.45, 2.75) is 19.2 Å². The lowest BCUT2D eigenvalue weighted by molar-refractivity contribution is 0.0921. The molecule has 1 heterocycles. The molecule has 0 unspecified atom stereocenters.